The maximum Gasteiger partial charge on any atom is 0.326 e. The number of nitrogens with zero attached hydrogens (tertiary/aromatic N) is 1. The quantitative estimate of drug-likeness (QED) is 0.779. The van der Waals surface area contributed by atoms with Gasteiger partial charge in [-0.1, -0.05) is 26.0 Å². The van der Waals surface area contributed by atoms with Crippen LogP contribution in [0.5, 0.6) is 5.75 Å². The summed E-state index contributed by atoms with van der Waals surface area (Å²) in [5.41, 5.74) is 0.935. The molecule has 130 valence electrons. The normalized spacial score (nSPS) is 12.3. The first-order chi connectivity index (χ1) is 11.4. The van der Waals surface area contributed by atoms with Gasteiger partial charge < -0.3 is 19.7 Å². The maximum absolute atomic E-state index is 12.1. The van der Waals surface area contributed by atoms with Gasteiger partial charge in [0.1, 0.15) is 11.8 Å². The number of hydrogen-bond donors (Lipinski definition) is 2. The molecule has 24 heavy (non-hydrogen) atoms. The number of para-hydroxylation sites is 1. The predicted molar refractivity (Wildman–Crippen MR) is 92.1 cm³/mol. The van der Waals surface area contributed by atoms with Crippen LogP contribution in [0.25, 0.3) is 10.9 Å². The van der Waals surface area contributed by atoms with Gasteiger partial charge in [-0.3, -0.25) is 4.79 Å². The molecule has 1 heterocycles. The van der Waals surface area contributed by atoms with Crippen LogP contribution in [0.2, 0.25) is 0 Å². The molecule has 2 N–H and O–H groups in total. The Labute approximate surface area is 141 Å². The smallest absolute Gasteiger partial charge is 0.326 e. The van der Waals surface area contributed by atoms with Gasteiger partial charge >= 0.3 is 5.97 Å². The fraction of sp³-hybridized carbons (Fsp3) is 0.444. The minimum atomic E-state index is -0.995. The summed E-state index contributed by atoms with van der Waals surface area (Å²) in [4.78, 5) is 23.3. The number of fused-ring (bicyclic) bond motifs is 1. The number of nitrogens with one attached hydrogen (secondary N) is 1. The molecule has 2 rings (SSSR count). The molecule has 0 aliphatic carbocycles. The van der Waals surface area contributed by atoms with Crippen LogP contribution in [0.3, 0.4) is 0 Å². The Kier molecular flexibility index (Phi) is 5.84. The van der Waals surface area contributed by atoms with E-state index >= 15 is 0 Å². The molecular formula is C18H24N2O4. The lowest BCUT2D eigenvalue weighted by atomic mass is 10.0. The van der Waals surface area contributed by atoms with Gasteiger partial charge in [0.25, 0.3) is 0 Å². The highest BCUT2D eigenvalue weighted by atomic mass is 16.5. The van der Waals surface area contributed by atoms with Crippen molar-refractivity contribution in [2.75, 3.05) is 7.11 Å². The van der Waals surface area contributed by atoms with Crippen molar-refractivity contribution < 1.29 is 19.4 Å². The molecule has 0 aliphatic rings. The summed E-state index contributed by atoms with van der Waals surface area (Å²) >= 11 is 0. The Hall–Kier alpha value is -2.50. The first-order valence-corrected chi connectivity index (χ1v) is 8.06. The van der Waals surface area contributed by atoms with E-state index in [1.807, 2.05) is 48.9 Å². The summed E-state index contributed by atoms with van der Waals surface area (Å²) < 4.78 is 7.32. The third-order valence-corrected chi connectivity index (χ3v) is 3.89. The highest BCUT2D eigenvalue weighted by molar-refractivity contribution is 5.86. The Morgan fingerprint density at radius 2 is 2.04 bits per heavy atom. The van der Waals surface area contributed by atoms with Gasteiger partial charge in [-0.15, -0.1) is 0 Å². The molecule has 6 nitrogen and oxygen atoms in total. The standard InChI is InChI=1S/C18H24N2O4/c1-12(2)11-14(18(22)23)19-16(21)8-10-20-9-7-13-5-4-6-15(24-3)17(13)20/h4-7,9,12,14H,8,10-11H2,1-3H3,(H,19,21)(H,22,23)/t14-/m0/s1. The van der Waals surface area contributed by atoms with Gasteiger partial charge in [-0.2, -0.15) is 0 Å². The summed E-state index contributed by atoms with van der Waals surface area (Å²) in [6.07, 6.45) is 2.54. The van der Waals surface area contributed by atoms with Crippen LogP contribution in [0.4, 0.5) is 0 Å². The number of hydrogen-bond acceptors (Lipinski definition) is 3. The molecule has 1 atom stereocenters. The fourth-order valence-electron chi connectivity index (χ4n) is 2.76. The number of ether oxygens (including phenoxy) is 1. The molecule has 0 unspecified atom stereocenters. The Balaban J connectivity index is 2.03. The number of aromatic nitrogens is 1. The van der Waals surface area contributed by atoms with Gasteiger partial charge in [0.2, 0.25) is 5.91 Å². The Morgan fingerprint density at radius 3 is 2.67 bits per heavy atom. The summed E-state index contributed by atoms with van der Waals surface area (Å²) in [5.74, 6) is -0.310. The molecule has 0 radical (unpaired) electrons. The number of carboxylic acids is 1. The lowest BCUT2D eigenvalue weighted by molar-refractivity contribution is -0.142. The summed E-state index contributed by atoms with van der Waals surface area (Å²) in [6, 6.07) is 6.91. The largest absolute Gasteiger partial charge is 0.495 e. The highest BCUT2D eigenvalue weighted by Crippen LogP contribution is 2.26. The number of carbonyl (C=O) groups is 2. The molecule has 1 aromatic carbocycles. The number of benzene rings is 1. The summed E-state index contributed by atoms with van der Waals surface area (Å²) in [5, 5.41) is 12.8. The zero-order valence-corrected chi connectivity index (χ0v) is 14.3. The van der Waals surface area contributed by atoms with Crippen molar-refractivity contribution in [1.29, 1.82) is 0 Å². The number of carbonyl (C=O) groups excluding carboxylic acids is 1. The van der Waals surface area contributed by atoms with Crippen LogP contribution in [-0.2, 0) is 16.1 Å². The Bertz CT molecular complexity index is 721. The van der Waals surface area contributed by atoms with E-state index in [0.717, 1.165) is 16.7 Å². The van der Waals surface area contributed by atoms with E-state index in [-0.39, 0.29) is 18.2 Å². The number of aliphatic carboxylic acids is 1. The topological polar surface area (TPSA) is 80.6 Å². The second-order valence-electron chi connectivity index (χ2n) is 6.25. The molecule has 0 saturated heterocycles. The second kappa shape index (κ2) is 7.86. The molecule has 6 heteroatoms. The first-order valence-electron chi connectivity index (χ1n) is 8.06. The van der Waals surface area contributed by atoms with Crippen molar-refractivity contribution in [3.8, 4) is 5.75 Å². The van der Waals surface area contributed by atoms with Crippen LogP contribution in [-0.4, -0.2) is 34.7 Å². The van der Waals surface area contributed by atoms with Crippen molar-refractivity contribution in [1.82, 2.24) is 9.88 Å². The fourth-order valence-corrected chi connectivity index (χ4v) is 2.76. The number of methoxy groups -OCH3 is 1. The highest BCUT2D eigenvalue weighted by Gasteiger charge is 2.21. The van der Waals surface area contributed by atoms with Crippen molar-refractivity contribution in [3.63, 3.8) is 0 Å². The van der Waals surface area contributed by atoms with Crippen LogP contribution >= 0.6 is 0 Å². The zero-order chi connectivity index (χ0) is 17.7. The summed E-state index contributed by atoms with van der Waals surface area (Å²) in [7, 11) is 1.61. The third-order valence-electron chi connectivity index (χ3n) is 3.89. The van der Waals surface area contributed by atoms with Crippen LogP contribution < -0.4 is 10.1 Å². The number of amides is 1. The van der Waals surface area contributed by atoms with Gasteiger partial charge in [0.05, 0.1) is 12.6 Å². The minimum Gasteiger partial charge on any atom is -0.495 e. The molecule has 0 bridgehead atoms. The molecule has 2 aromatic rings. The minimum absolute atomic E-state index is 0.198. The zero-order valence-electron chi connectivity index (χ0n) is 14.3. The van der Waals surface area contributed by atoms with E-state index in [9.17, 15) is 14.7 Å². The molecule has 0 spiro atoms. The lowest BCUT2D eigenvalue weighted by Gasteiger charge is -2.16. The number of carboxylic acid groups (broad SMARTS) is 1. The van der Waals surface area contributed by atoms with Crippen molar-refractivity contribution in [3.05, 3.63) is 30.5 Å². The van der Waals surface area contributed by atoms with E-state index in [1.54, 1.807) is 7.11 Å². The van der Waals surface area contributed by atoms with E-state index < -0.39 is 12.0 Å². The molecule has 1 amide bonds. The Morgan fingerprint density at radius 1 is 1.29 bits per heavy atom. The number of rotatable bonds is 8. The van der Waals surface area contributed by atoms with Crippen molar-refractivity contribution in [2.45, 2.75) is 39.3 Å². The molecular weight excluding hydrogens is 308 g/mol. The second-order valence-corrected chi connectivity index (χ2v) is 6.25. The molecule has 1 aromatic heterocycles. The molecule has 0 saturated carbocycles. The SMILES string of the molecule is COc1cccc2ccn(CCC(=O)N[C@@H](CC(C)C)C(=O)O)c12. The summed E-state index contributed by atoms with van der Waals surface area (Å²) in [6.45, 7) is 4.32. The van der Waals surface area contributed by atoms with E-state index in [1.165, 1.54) is 0 Å². The monoisotopic (exact) mass is 332 g/mol. The van der Waals surface area contributed by atoms with Gasteiger partial charge in [0, 0.05) is 24.5 Å². The van der Waals surface area contributed by atoms with Crippen LogP contribution in [0.15, 0.2) is 30.5 Å². The van der Waals surface area contributed by atoms with Crippen molar-refractivity contribution in [2.24, 2.45) is 5.92 Å². The third kappa shape index (κ3) is 4.28. The maximum atomic E-state index is 12.1. The predicted octanol–water partition coefficient (Wildman–Crippen LogP) is 2.66. The van der Waals surface area contributed by atoms with Gasteiger partial charge in [0.15, 0.2) is 0 Å². The van der Waals surface area contributed by atoms with Crippen molar-refractivity contribution >= 4 is 22.8 Å². The average Bonchev–Trinajstić information content (AvgIpc) is 2.95. The van der Waals surface area contributed by atoms with E-state index in [0.29, 0.717) is 13.0 Å². The lowest BCUT2D eigenvalue weighted by Crippen LogP contribution is -2.41. The number of aryl methyl sites for hydroxylation is 1. The molecule has 0 aliphatic heterocycles. The average molecular weight is 332 g/mol. The van der Waals surface area contributed by atoms with E-state index in [2.05, 4.69) is 5.32 Å². The molecule has 0 fully saturated rings. The van der Waals surface area contributed by atoms with Gasteiger partial charge in [-0.05, 0) is 24.5 Å². The van der Waals surface area contributed by atoms with E-state index in [4.69, 9.17) is 4.74 Å². The van der Waals surface area contributed by atoms with Gasteiger partial charge in [-0.25, -0.2) is 4.79 Å². The first kappa shape index (κ1) is 17.8. The van der Waals surface area contributed by atoms with Crippen LogP contribution in [0, 0.1) is 5.92 Å². The van der Waals surface area contributed by atoms with Crippen LogP contribution in [0.1, 0.15) is 26.7 Å².